The maximum absolute atomic E-state index is 12.4. The molecular formula is C18H15ClN2O3S. The quantitative estimate of drug-likeness (QED) is 0.655. The molecule has 0 N–H and O–H groups in total. The molecule has 0 saturated carbocycles. The first-order valence-electron chi connectivity index (χ1n) is 7.61. The zero-order valence-corrected chi connectivity index (χ0v) is 15.2. The number of thiazole rings is 1. The minimum absolute atomic E-state index is 0.321. The predicted octanol–water partition coefficient (Wildman–Crippen LogP) is 3.81. The lowest BCUT2D eigenvalue weighted by Crippen LogP contribution is -2.13. The zero-order chi connectivity index (χ0) is 18.0. The molecule has 128 valence electrons. The van der Waals surface area contributed by atoms with Crippen molar-refractivity contribution in [2.24, 2.45) is 12.0 Å². The Morgan fingerprint density at radius 2 is 2.00 bits per heavy atom. The first-order chi connectivity index (χ1) is 12.0. The second-order valence-corrected chi connectivity index (χ2v) is 6.66. The van der Waals surface area contributed by atoms with Crippen LogP contribution in [0.15, 0.2) is 47.5 Å². The van der Waals surface area contributed by atoms with Crippen molar-refractivity contribution in [3.05, 3.63) is 63.4 Å². The second kappa shape index (κ2) is 7.21. The van der Waals surface area contributed by atoms with Gasteiger partial charge in [0.2, 0.25) is 0 Å². The topological polar surface area (TPSA) is 60.7 Å². The van der Waals surface area contributed by atoms with E-state index >= 15 is 0 Å². The molecule has 0 atom stereocenters. The Labute approximate surface area is 153 Å². The molecular weight excluding hydrogens is 360 g/mol. The maximum atomic E-state index is 12.4. The zero-order valence-electron chi connectivity index (χ0n) is 13.7. The van der Waals surface area contributed by atoms with Crippen LogP contribution in [-0.4, -0.2) is 23.1 Å². The molecule has 3 aromatic rings. The van der Waals surface area contributed by atoms with Gasteiger partial charge in [0.25, 0.3) is 5.91 Å². The van der Waals surface area contributed by atoms with Crippen LogP contribution in [0.5, 0.6) is 0 Å². The number of carbonyl (C=O) groups excluding carboxylic acids is 2. The first-order valence-corrected chi connectivity index (χ1v) is 8.81. The van der Waals surface area contributed by atoms with Crippen molar-refractivity contribution in [1.29, 1.82) is 0 Å². The number of nitrogens with zero attached hydrogens (tertiary/aromatic N) is 2. The van der Waals surface area contributed by atoms with Crippen molar-refractivity contribution >= 4 is 45.0 Å². The normalized spacial score (nSPS) is 11.7. The summed E-state index contributed by atoms with van der Waals surface area (Å²) < 4.78 is 7.67. The molecule has 0 fully saturated rings. The Morgan fingerprint density at radius 3 is 2.72 bits per heavy atom. The summed E-state index contributed by atoms with van der Waals surface area (Å²) in [7, 11) is 1.82. The minimum atomic E-state index is -0.404. The lowest BCUT2D eigenvalue weighted by atomic mass is 10.2. The summed E-state index contributed by atoms with van der Waals surface area (Å²) in [6.45, 7) is 2.08. The van der Waals surface area contributed by atoms with E-state index in [1.807, 2.05) is 17.7 Å². The largest absolute Gasteiger partial charge is 0.462 e. The van der Waals surface area contributed by atoms with Gasteiger partial charge in [-0.1, -0.05) is 35.1 Å². The Bertz CT molecular complexity index is 1040. The number of ether oxygens (including phenoxy) is 1. The van der Waals surface area contributed by atoms with E-state index in [1.165, 1.54) is 11.3 Å². The maximum Gasteiger partial charge on any atom is 0.338 e. The van der Waals surface area contributed by atoms with Crippen molar-refractivity contribution in [3.63, 3.8) is 0 Å². The van der Waals surface area contributed by atoms with Crippen LogP contribution < -0.4 is 4.80 Å². The molecule has 5 nitrogen and oxygen atoms in total. The van der Waals surface area contributed by atoms with Gasteiger partial charge in [0, 0.05) is 7.05 Å². The molecule has 0 aliphatic heterocycles. The van der Waals surface area contributed by atoms with Gasteiger partial charge in [0.1, 0.15) is 0 Å². The van der Waals surface area contributed by atoms with Gasteiger partial charge < -0.3 is 9.30 Å². The van der Waals surface area contributed by atoms with Crippen LogP contribution in [0.4, 0.5) is 0 Å². The molecule has 25 heavy (non-hydrogen) atoms. The number of hydrogen-bond acceptors (Lipinski definition) is 4. The van der Waals surface area contributed by atoms with Gasteiger partial charge in [-0.05, 0) is 37.3 Å². The van der Waals surface area contributed by atoms with Crippen LogP contribution in [0.3, 0.4) is 0 Å². The van der Waals surface area contributed by atoms with Crippen LogP contribution in [0.25, 0.3) is 10.2 Å². The number of aryl methyl sites for hydroxylation is 1. The summed E-state index contributed by atoms with van der Waals surface area (Å²) in [5.74, 6) is -0.774. The number of esters is 1. The summed E-state index contributed by atoms with van der Waals surface area (Å²) >= 11 is 7.38. The lowest BCUT2D eigenvalue weighted by Gasteiger charge is -2.01. The van der Waals surface area contributed by atoms with Gasteiger partial charge in [0.15, 0.2) is 4.80 Å². The lowest BCUT2D eigenvalue weighted by molar-refractivity contribution is 0.0526. The molecule has 1 heterocycles. The van der Waals surface area contributed by atoms with E-state index < -0.39 is 5.91 Å². The number of hydrogen-bond donors (Lipinski definition) is 0. The number of halogens is 1. The number of rotatable bonds is 3. The van der Waals surface area contributed by atoms with E-state index in [1.54, 1.807) is 43.3 Å². The summed E-state index contributed by atoms with van der Waals surface area (Å²) in [4.78, 5) is 29.0. The molecule has 0 saturated heterocycles. The SMILES string of the molecule is CCOC(=O)c1ccc2c(c1)sc(=NC(=O)c1ccccc1Cl)n2C. The standard InChI is InChI=1S/C18H15ClN2O3S/c1-3-24-17(23)11-8-9-14-15(10-11)25-18(21(14)2)20-16(22)12-6-4-5-7-13(12)19/h4-10H,3H2,1-2H3. The fourth-order valence-electron chi connectivity index (χ4n) is 2.36. The van der Waals surface area contributed by atoms with Gasteiger partial charge in [-0.25, -0.2) is 4.79 Å². The highest BCUT2D eigenvalue weighted by atomic mass is 35.5. The fourth-order valence-corrected chi connectivity index (χ4v) is 3.64. The van der Waals surface area contributed by atoms with Crippen molar-refractivity contribution in [1.82, 2.24) is 4.57 Å². The van der Waals surface area contributed by atoms with Crippen LogP contribution in [0.2, 0.25) is 5.02 Å². The Hall–Kier alpha value is -2.44. The van der Waals surface area contributed by atoms with E-state index in [4.69, 9.17) is 16.3 Å². The van der Waals surface area contributed by atoms with E-state index in [9.17, 15) is 9.59 Å². The number of aromatic nitrogens is 1. The van der Waals surface area contributed by atoms with Gasteiger partial charge >= 0.3 is 5.97 Å². The van der Waals surface area contributed by atoms with Crippen LogP contribution in [0.1, 0.15) is 27.6 Å². The van der Waals surface area contributed by atoms with Crippen LogP contribution in [-0.2, 0) is 11.8 Å². The third-order valence-corrected chi connectivity index (χ3v) is 5.05. The summed E-state index contributed by atoms with van der Waals surface area (Å²) in [6.07, 6.45) is 0. The number of amides is 1. The highest BCUT2D eigenvalue weighted by Gasteiger charge is 2.12. The van der Waals surface area contributed by atoms with Crippen molar-refractivity contribution in [3.8, 4) is 0 Å². The highest BCUT2D eigenvalue weighted by molar-refractivity contribution is 7.16. The molecule has 2 aromatic carbocycles. The fraction of sp³-hybridized carbons (Fsp3) is 0.167. The van der Waals surface area contributed by atoms with Crippen molar-refractivity contribution in [2.45, 2.75) is 6.92 Å². The van der Waals surface area contributed by atoms with E-state index in [-0.39, 0.29) is 5.97 Å². The molecule has 0 spiro atoms. The molecule has 1 amide bonds. The van der Waals surface area contributed by atoms with E-state index in [0.717, 1.165) is 10.2 Å². The number of carbonyl (C=O) groups is 2. The monoisotopic (exact) mass is 374 g/mol. The Morgan fingerprint density at radius 1 is 1.24 bits per heavy atom. The third kappa shape index (κ3) is 3.50. The van der Waals surface area contributed by atoms with Gasteiger partial charge in [-0.2, -0.15) is 4.99 Å². The van der Waals surface area contributed by atoms with Gasteiger partial charge in [0.05, 0.1) is 33.0 Å². The smallest absolute Gasteiger partial charge is 0.338 e. The van der Waals surface area contributed by atoms with Crippen LogP contribution >= 0.6 is 22.9 Å². The van der Waals surface area contributed by atoms with Crippen molar-refractivity contribution in [2.75, 3.05) is 6.61 Å². The predicted molar refractivity (Wildman–Crippen MR) is 98.1 cm³/mol. The average Bonchev–Trinajstić information content (AvgIpc) is 2.90. The Balaban J connectivity index is 2.05. The molecule has 1 aromatic heterocycles. The highest BCUT2D eigenvalue weighted by Crippen LogP contribution is 2.20. The van der Waals surface area contributed by atoms with Crippen LogP contribution in [0, 0.1) is 0 Å². The average molecular weight is 375 g/mol. The Kier molecular flexibility index (Phi) is 5.01. The molecule has 3 rings (SSSR count). The summed E-state index contributed by atoms with van der Waals surface area (Å²) in [5.41, 5.74) is 1.71. The molecule has 7 heteroatoms. The van der Waals surface area contributed by atoms with E-state index in [2.05, 4.69) is 4.99 Å². The molecule has 0 aliphatic carbocycles. The minimum Gasteiger partial charge on any atom is -0.462 e. The summed E-state index contributed by atoms with van der Waals surface area (Å²) in [6, 6.07) is 12.1. The third-order valence-electron chi connectivity index (χ3n) is 3.62. The molecule has 0 radical (unpaired) electrons. The van der Waals surface area contributed by atoms with Gasteiger partial charge in [-0.3, -0.25) is 4.79 Å². The van der Waals surface area contributed by atoms with E-state index in [0.29, 0.717) is 27.6 Å². The van der Waals surface area contributed by atoms with Crippen molar-refractivity contribution < 1.29 is 14.3 Å². The molecule has 0 bridgehead atoms. The van der Waals surface area contributed by atoms with Gasteiger partial charge in [-0.15, -0.1) is 0 Å². The number of benzene rings is 2. The molecule has 0 unspecified atom stereocenters. The summed E-state index contributed by atoms with van der Waals surface area (Å²) in [5, 5.41) is 0.365. The molecule has 0 aliphatic rings. The first kappa shape index (κ1) is 17.4. The number of fused-ring (bicyclic) bond motifs is 1. The second-order valence-electron chi connectivity index (χ2n) is 5.24.